The predicted molar refractivity (Wildman–Crippen MR) is 64.3 cm³/mol. The van der Waals surface area contributed by atoms with E-state index in [-0.39, 0.29) is 0 Å². The first kappa shape index (κ1) is 10.3. The van der Waals surface area contributed by atoms with Crippen LogP contribution < -0.4 is 10.6 Å². The molecule has 0 bridgehead atoms. The van der Waals surface area contributed by atoms with E-state index >= 15 is 0 Å². The molecule has 0 aromatic carbocycles. The Hall–Kier alpha value is -1.25. The van der Waals surface area contributed by atoms with Gasteiger partial charge in [0.1, 0.15) is 5.82 Å². The van der Waals surface area contributed by atoms with Gasteiger partial charge >= 0.3 is 0 Å². The second kappa shape index (κ2) is 4.09. The summed E-state index contributed by atoms with van der Waals surface area (Å²) in [5, 5.41) is 6.88. The van der Waals surface area contributed by atoms with Gasteiger partial charge in [0.05, 0.1) is 5.69 Å². The largest absolute Gasteiger partial charge is 0.382 e. The van der Waals surface area contributed by atoms with Crippen molar-refractivity contribution in [2.75, 3.05) is 23.7 Å². The highest BCUT2D eigenvalue weighted by atomic mass is 15.1. The maximum Gasteiger partial charge on any atom is 0.149 e. The molecule has 3 nitrogen and oxygen atoms in total. The molecule has 0 radical (unpaired) electrons. The van der Waals surface area contributed by atoms with Crippen molar-refractivity contribution in [2.24, 2.45) is 11.8 Å². The van der Waals surface area contributed by atoms with E-state index in [2.05, 4.69) is 35.5 Å². The molecule has 1 aromatic heterocycles. The highest BCUT2D eigenvalue weighted by Gasteiger charge is 2.18. The molecule has 1 aromatic rings. The average Bonchev–Trinajstić information content (AvgIpc) is 2.39. The van der Waals surface area contributed by atoms with Crippen molar-refractivity contribution in [3.05, 3.63) is 17.8 Å². The first-order chi connectivity index (χ1) is 7.16. The van der Waals surface area contributed by atoms with Crippen molar-refractivity contribution in [2.45, 2.75) is 20.8 Å². The molecule has 1 unspecified atom stereocenters. The number of pyridine rings is 1. The van der Waals surface area contributed by atoms with E-state index in [1.165, 1.54) is 0 Å². The van der Waals surface area contributed by atoms with Gasteiger partial charge in [0.15, 0.2) is 0 Å². The minimum absolute atomic E-state index is 0.666. The number of aromatic nitrogens is 1. The van der Waals surface area contributed by atoms with E-state index in [1.54, 1.807) is 0 Å². The molecule has 0 saturated carbocycles. The van der Waals surface area contributed by atoms with Crippen LogP contribution in [-0.2, 0) is 0 Å². The number of nitrogens with one attached hydrogen (secondary N) is 2. The van der Waals surface area contributed by atoms with E-state index in [0.29, 0.717) is 11.8 Å². The van der Waals surface area contributed by atoms with Crippen LogP contribution in [0.15, 0.2) is 12.1 Å². The molecule has 0 spiro atoms. The summed E-state index contributed by atoms with van der Waals surface area (Å²) >= 11 is 0. The lowest BCUT2D eigenvalue weighted by Gasteiger charge is -2.18. The summed E-state index contributed by atoms with van der Waals surface area (Å²) in [6.45, 7) is 8.59. The van der Waals surface area contributed by atoms with Crippen LogP contribution in [0.25, 0.3) is 0 Å². The van der Waals surface area contributed by atoms with Crippen LogP contribution in [0.4, 0.5) is 11.5 Å². The molecule has 3 heteroatoms. The zero-order chi connectivity index (χ0) is 10.8. The molecule has 0 saturated heterocycles. The zero-order valence-corrected chi connectivity index (χ0v) is 9.67. The minimum atomic E-state index is 0.666. The second-order valence-electron chi connectivity index (χ2n) is 4.61. The van der Waals surface area contributed by atoms with Gasteiger partial charge in [-0.15, -0.1) is 0 Å². The molecule has 2 heterocycles. The van der Waals surface area contributed by atoms with Gasteiger partial charge < -0.3 is 10.6 Å². The molecular formula is C12H19N3. The summed E-state index contributed by atoms with van der Waals surface area (Å²) in [4.78, 5) is 4.49. The van der Waals surface area contributed by atoms with Crippen molar-refractivity contribution in [3.8, 4) is 0 Å². The Morgan fingerprint density at radius 2 is 2.00 bits per heavy atom. The highest BCUT2D eigenvalue weighted by Crippen LogP contribution is 2.24. The van der Waals surface area contributed by atoms with Crippen LogP contribution in [0, 0.1) is 18.8 Å². The Bertz CT molecular complexity index is 347. The first-order valence-electron chi connectivity index (χ1n) is 5.62. The summed E-state index contributed by atoms with van der Waals surface area (Å²) in [6.07, 6.45) is 0. The second-order valence-corrected chi connectivity index (χ2v) is 4.61. The fraction of sp³-hybridized carbons (Fsp3) is 0.583. The highest BCUT2D eigenvalue weighted by molar-refractivity contribution is 5.65. The average molecular weight is 205 g/mol. The Balaban J connectivity index is 2.18. The fourth-order valence-electron chi connectivity index (χ4n) is 1.85. The number of rotatable bonds is 1. The zero-order valence-electron chi connectivity index (χ0n) is 9.67. The van der Waals surface area contributed by atoms with Crippen molar-refractivity contribution in [3.63, 3.8) is 0 Å². The maximum atomic E-state index is 4.49. The smallest absolute Gasteiger partial charge is 0.149 e. The minimum Gasteiger partial charge on any atom is -0.382 e. The quantitative estimate of drug-likeness (QED) is 0.739. The lowest BCUT2D eigenvalue weighted by atomic mass is 9.96. The lowest BCUT2D eigenvalue weighted by molar-refractivity contribution is 0.426. The topological polar surface area (TPSA) is 37.0 Å². The van der Waals surface area contributed by atoms with E-state index < -0.39 is 0 Å². The summed E-state index contributed by atoms with van der Waals surface area (Å²) in [5.74, 6) is 2.36. The number of nitrogens with zero attached hydrogens (tertiary/aromatic N) is 1. The van der Waals surface area contributed by atoms with E-state index in [1.807, 2.05) is 13.0 Å². The number of fused-ring (bicyclic) bond motifs is 1. The Morgan fingerprint density at radius 1 is 1.27 bits per heavy atom. The molecule has 1 aliphatic rings. The summed E-state index contributed by atoms with van der Waals surface area (Å²) in [5.41, 5.74) is 2.19. The third-order valence-corrected chi connectivity index (χ3v) is 3.06. The van der Waals surface area contributed by atoms with Crippen molar-refractivity contribution in [1.29, 1.82) is 0 Å². The predicted octanol–water partition coefficient (Wildman–Crippen LogP) is 2.50. The van der Waals surface area contributed by atoms with Crippen LogP contribution in [0.2, 0.25) is 0 Å². The number of hydrogen-bond acceptors (Lipinski definition) is 3. The van der Waals surface area contributed by atoms with Crippen LogP contribution in [0.3, 0.4) is 0 Å². The van der Waals surface area contributed by atoms with Gasteiger partial charge in [0, 0.05) is 18.8 Å². The molecule has 1 aliphatic heterocycles. The van der Waals surface area contributed by atoms with E-state index in [0.717, 1.165) is 30.3 Å². The Kier molecular flexibility index (Phi) is 2.80. The normalized spacial score (nSPS) is 20.1. The monoisotopic (exact) mass is 205 g/mol. The van der Waals surface area contributed by atoms with Gasteiger partial charge in [-0.05, 0) is 30.9 Å². The summed E-state index contributed by atoms with van der Waals surface area (Å²) in [6, 6.07) is 4.15. The standard InChI is InChI=1S/C12H19N3/c1-8(2)10-6-13-11-5-4-9(3)15-12(11)14-7-10/h4-5,8,10,13H,6-7H2,1-3H3,(H,14,15). The van der Waals surface area contributed by atoms with Gasteiger partial charge in [-0.25, -0.2) is 4.98 Å². The van der Waals surface area contributed by atoms with Gasteiger partial charge in [-0.2, -0.15) is 0 Å². The Labute approximate surface area is 91.3 Å². The number of anilines is 2. The summed E-state index contributed by atoms with van der Waals surface area (Å²) in [7, 11) is 0. The molecule has 0 amide bonds. The van der Waals surface area contributed by atoms with Crippen molar-refractivity contribution in [1.82, 2.24) is 4.98 Å². The third-order valence-electron chi connectivity index (χ3n) is 3.06. The molecule has 1 atom stereocenters. The molecule has 2 N–H and O–H groups in total. The first-order valence-corrected chi connectivity index (χ1v) is 5.62. The fourth-order valence-corrected chi connectivity index (χ4v) is 1.85. The molecular weight excluding hydrogens is 186 g/mol. The van der Waals surface area contributed by atoms with Crippen LogP contribution in [-0.4, -0.2) is 18.1 Å². The van der Waals surface area contributed by atoms with Gasteiger partial charge in [-0.3, -0.25) is 0 Å². The Morgan fingerprint density at radius 3 is 2.73 bits per heavy atom. The van der Waals surface area contributed by atoms with Gasteiger partial charge in [-0.1, -0.05) is 13.8 Å². The van der Waals surface area contributed by atoms with Crippen LogP contribution in [0.1, 0.15) is 19.5 Å². The summed E-state index contributed by atoms with van der Waals surface area (Å²) < 4.78 is 0. The SMILES string of the molecule is Cc1ccc2c(n1)NCC(C(C)C)CN2. The molecule has 82 valence electrons. The van der Waals surface area contributed by atoms with Crippen molar-refractivity contribution >= 4 is 11.5 Å². The molecule has 0 fully saturated rings. The molecule has 0 aliphatic carbocycles. The lowest BCUT2D eigenvalue weighted by Crippen LogP contribution is -2.23. The van der Waals surface area contributed by atoms with E-state index in [9.17, 15) is 0 Å². The van der Waals surface area contributed by atoms with Crippen molar-refractivity contribution < 1.29 is 0 Å². The molecule has 15 heavy (non-hydrogen) atoms. The number of hydrogen-bond donors (Lipinski definition) is 2. The maximum absolute atomic E-state index is 4.49. The van der Waals surface area contributed by atoms with Gasteiger partial charge in [0.2, 0.25) is 0 Å². The number of aryl methyl sites for hydroxylation is 1. The third kappa shape index (κ3) is 2.22. The molecule has 2 rings (SSSR count). The van der Waals surface area contributed by atoms with Gasteiger partial charge in [0.25, 0.3) is 0 Å². The van der Waals surface area contributed by atoms with Crippen LogP contribution >= 0.6 is 0 Å². The van der Waals surface area contributed by atoms with E-state index in [4.69, 9.17) is 0 Å². The van der Waals surface area contributed by atoms with Crippen LogP contribution in [0.5, 0.6) is 0 Å².